The average molecular weight is 233 g/mol. The highest BCUT2D eigenvalue weighted by atomic mass is 16.5. The van der Waals surface area contributed by atoms with Gasteiger partial charge in [-0.05, 0) is 43.4 Å². The van der Waals surface area contributed by atoms with Gasteiger partial charge in [-0.15, -0.1) is 0 Å². The molecule has 2 heteroatoms. The lowest BCUT2D eigenvalue weighted by molar-refractivity contribution is 0.0477. The third-order valence-corrected chi connectivity index (χ3v) is 4.05. The Balaban J connectivity index is 2.24. The lowest BCUT2D eigenvalue weighted by atomic mass is 9.71. The Morgan fingerprint density at radius 3 is 2.35 bits per heavy atom. The second kappa shape index (κ2) is 5.65. The number of rotatable bonds is 4. The summed E-state index contributed by atoms with van der Waals surface area (Å²) in [6.45, 7) is 4.69. The number of ether oxygens (including phenoxy) is 1. The van der Waals surface area contributed by atoms with Crippen LogP contribution in [0.4, 0.5) is 0 Å². The molecule has 1 saturated heterocycles. The van der Waals surface area contributed by atoms with Gasteiger partial charge in [0.25, 0.3) is 0 Å². The summed E-state index contributed by atoms with van der Waals surface area (Å²) in [6.07, 6.45) is 4.39. The van der Waals surface area contributed by atoms with Crippen molar-refractivity contribution < 1.29 is 4.74 Å². The molecule has 1 aliphatic heterocycles. The molecule has 0 bridgehead atoms. The molecule has 0 aromatic heterocycles. The topological polar surface area (TPSA) is 35.2 Å². The highest BCUT2D eigenvalue weighted by Crippen LogP contribution is 2.37. The molecule has 0 spiro atoms. The van der Waals surface area contributed by atoms with Gasteiger partial charge < -0.3 is 10.5 Å². The van der Waals surface area contributed by atoms with E-state index in [1.165, 1.54) is 11.1 Å². The maximum atomic E-state index is 5.80. The van der Waals surface area contributed by atoms with Crippen LogP contribution < -0.4 is 5.73 Å². The number of nitrogens with two attached hydrogens (primary N) is 1. The number of aryl methyl sites for hydroxylation is 1. The van der Waals surface area contributed by atoms with Crippen molar-refractivity contribution in [2.75, 3.05) is 19.8 Å². The average Bonchev–Trinajstić information content (AvgIpc) is 2.40. The van der Waals surface area contributed by atoms with Gasteiger partial charge >= 0.3 is 0 Å². The molecule has 2 N–H and O–H groups in total. The first kappa shape index (κ1) is 12.6. The first-order chi connectivity index (χ1) is 8.30. The maximum absolute atomic E-state index is 5.80. The maximum Gasteiger partial charge on any atom is 0.0474 e. The highest BCUT2D eigenvalue weighted by Gasteiger charge is 2.33. The van der Waals surface area contributed by atoms with Gasteiger partial charge in [0, 0.05) is 18.6 Å². The third kappa shape index (κ3) is 2.70. The summed E-state index contributed by atoms with van der Waals surface area (Å²) in [4.78, 5) is 0. The molecule has 2 rings (SSSR count). The van der Waals surface area contributed by atoms with E-state index in [4.69, 9.17) is 10.5 Å². The predicted molar refractivity (Wildman–Crippen MR) is 71.2 cm³/mol. The number of hydrogen-bond donors (Lipinski definition) is 1. The summed E-state index contributed by atoms with van der Waals surface area (Å²) in [7, 11) is 0. The zero-order valence-electron chi connectivity index (χ0n) is 10.7. The molecule has 0 amide bonds. The second-order valence-electron chi connectivity index (χ2n) is 4.98. The molecule has 1 fully saturated rings. The summed E-state index contributed by atoms with van der Waals surface area (Å²) < 4.78 is 5.50. The zero-order chi connectivity index (χ0) is 12.1. The molecular weight excluding hydrogens is 210 g/mol. The van der Waals surface area contributed by atoms with E-state index in [0.717, 1.165) is 45.4 Å². The van der Waals surface area contributed by atoms with E-state index < -0.39 is 0 Å². The van der Waals surface area contributed by atoms with E-state index in [9.17, 15) is 0 Å². The van der Waals surface area contributed by atoms with E-state index in [1.807, 2.05) is 0 Å². The van der Waals surface area contributed by atoms with Crippen LogP contribution in [-0.2, 0) is 16.6 Å². The summed E-state index contributed by atoms with van der Waals surface area (Å²) in [5.74, 6) is 0. The SMILES string of the molecule is CCc1ccc(C2(CCN)CCOCC2)cc1. The molecule has 1 heterocycles. The number of benzene rings is 1. The normalized spacial score (nSPS) is 19.2. The Kier molecular flexibility index (Phi) is 4.19. The molecule has 0 unspecified atom stereocenters. The van der Waals surface area contributed by atoms with Crippen LogP contribution in [0.5, 0.6) is 0 Å². The molecule has 1 aliphatic rings. The highest BCUT2D eigenvalue weighted by molar-refractivity contribution is 5.30. The quantitative estimate of drug-likeness (QED) is 0.867. The van der Waals surface area contributed by atoms with Crippen LogP contribution in [0.1, 0.15) is 37.3 Å². The van der Waals surface area contributed by atoms with Crippen LogP contribution in [0, 0.1) is 0 Å². The van der Waals surface area contributed by atoms with Gasteiger partial charge in [-0.2, -0.15) is 0 Å². The Hall–Kier alpha value is -0.860. The Morgan fingerprint density at radius 2 is 1.82 bits per heavy atom. The van der Waals surface area contributed by atoms with E-state index >= 15 is 0 Å². The minimum atomic E-state index is 0.263. The van der Waals surface area contributed by atoms with Gasteiger partial charge in [0.1, 0.15) is 0 Å². The standard InChI is InChI=1S/C15H23NO/c1-2-13-3-5-14(6-4-13)15(7-10-16)8-11-17-12-9-15/h3-6H,2,7-12,16H2,1H3. The van der Waals surface area contributed by atoms with Crippen LogP contribution >= 0.6 is 0 Å². The lowest BCUT2D eigenvalue weighted by Crippen LogP contribution is -2.35. The summed E-state index contributed by atoms with van der Waals surface area (Å²) in [5, 5.41) is 0. The van der Waals surface area contributed by atoms with Crippen LogP contribution in [0.2, 0.25) is 0 Å². The third-order valence-electron chi connectivity index (χ3n) is 4.05. The van der Waals surface area contributed by atoms with Crippen LogP contribution in [0.3, 0.4) is 0 Å². The van der Waals surface area contributed by atoms with Gasteiger partial charge in [-0.25, -0.2) is 0 Å². The van der Waals surface area contributed by atoms with Crippen LogP contribution in [-0.4, -0.2) is 19.8 Å². The Labute approximate surface area is 104 Å². The zero-order valence-corrected chi connectivity index (χ0v) is 10.7. The minimum absolute atomic E-state index is 0.263. The van der Waals surface area contributed by atoms with E-state index in [1.54, 1.807) is 0 Å². The summed E-state index contributed by atoms with van der Waals surface area (Å²) in [6, 6.07) is 9.09. The van der Waals surface area contributed by atoms with Crippen molar-refractivity contribution in [3.05, 3.63) is 35.4 Å². The van der Waals surface area contributed by atoms with Gasteiger partial charge in [0.2, 0.25) is 0 Å². The molecular formula is C15H23NO. The smallest absolute Gasteiger partial charge is 0.0474 e. The lowest BCUT2D eigenvalue weighted by Gasteiger charge is -2.37. The van der Waals surface area contributed by atoms with Crippen LogP contribution in [0.15, 0.2) is 24.3 Å². The van der Waals surface area contributed by atoms with Crippen molar-refractivity contribution in [1.82, 2.24) is 0 Å². The summed E-state index contributed by atoms with van der Waals surface area (Å²) in [5.41, 5.74) is 8.91. The molecule has 1 aromatic rings. The fourth-order valence-corrected chi connectivity index (χ4v) is 2.82. The Bertz CT molecular complexity index is 333. The van der Waals surface area contributed by atoms with Crippen molar-refractivity contribution in [3.8, 4) is 0 Å². The van der Waals surface area contributed by atoms with E-state index in [2.05, 4.69) is 31.2 Å². The van der Waals surface area contributed by atoms with Crippen molar-refractivity contribution in [1.29, 1.82) is 0 Å². The molecule has 2 nitrogen and oxygen atoms in total. The predicted octanol–water partition coefficient (Wildman–Crippen LogP) is 2.65. The first-order valence-corrected chi connectivity index (χ1v) is 6.68. The van der Waals surface area contributed by atoms with Crippen molar-refractivity contribution in [3.63, 3.8) is 0 Å². The summed E-state index contributed by atoms with van der Waals surface area (Å²) >= 11 is 0. The number of hydrogen-bond acceptors (Lipinski definition) is 2. The van der Waals surface area contributed by atoms with E-state index in [-0.39, 0.29) is 5.41 Å². The molecule has 94 valence electrons. The fraction of sp³-hybridized carbons (Fsp3) is 0.600. The van der Waals surface area contributed by atoms with Gasteiger partial charge in [0.05, 0.1) is 0 Å². The minimum Gasteiger partial charge on any atom is -0.381 e. The largest absolute Gasteiger partial charge is 0.381 e. The fourth-order valence-electron chi connectivity index (χ4n) is 2.82. The van der Waals surface area contributed by atoms with Crippen molar-refractivity contribution in [2.45, 2.75) is 38.0 Å². The van der Waals surface area contributed by atoms with Crippen LogP contribution in [0.25, 0.3) is 0 Å². The molecule has 0 radical (unpaired) electrons. The van der Waals surface area contributed by atoms with Crippen molar-refractivity contribution >= 4 is 0 Å². The van der Waals surface area contributed by atoms with E-state index in [0.29, 0.717) is 0 Å². The molecule has 0 atom stereocenters. The molecule has 0 aliphatic carbocycles. The molecule has 17 heavy (non-hydrogen) atoms. The molecule has 0 saturated carbocycles. The van der Waals surface area contributed by atoms with Gasteiger partial charge in [-0.3, -0.25) is 0 Å². The van der Waals surface area contributed by atoms with Gasteiger partial charge in [-0.1, -0.05) is 31.2 Å². The monoisotopic (exact) mass is 233 g/mol. The first-order valence-electron chi connectivity index (χ1n) is 6.68. The Morgan fingerprint density at radius 1 is 1.18 bits per heavy atom. The van der Waals surface area contributed by atoms with Crippen molar-refractivity contribution in [2.24, 2.45) is 5.73 Å². The second-order valence-corrected chi connectivity index (χ2v) is 4.98. The van der Waals surface area contributed by atoms with Gasteiger partial charge in [0.15, 0.2) is 0 Å². The molecule has 1 aromatic carbocycles.